The molecule has 0 saturated carbocycles. The van der Waals surface area contributed by atoms with Gasteiger partial charge in [-0.1, -0.05) is 48.0 Å². The Morgan fingerprint density at radius 3 is 2.86 bits per heavy atom. The van der Waals surface area contributed by atoms with Crippen molar-refractivity contribution in [3.8, 4) is 0 Å². The molecule has 1 aliphatic rings. The number of hydrogen-bond acceptors (Lipinski definition) is 1. The lowest BCUT2D eigenvalue weighted by atomic mass is 9.79. The Labute approximate surface area is 129 Å². The average Bonchev–Trinajstić information content (AvgIpc) is 2.50. The highest BCUT2D eigenvalue weighted by atomic mass is 35.5. The maximum atomic E-state index is 13.5. The van der Waals surface area contributed by atoms with Crippen molar-refractivity contribution < 1.29 is 9.50 Å². The van der Waals surface area contributed by atoms with Gasteiger partial charge >= 0.3 is 0 Å². The van der Waals surface area contributed by atoms with Crippen LogP contribution >= 0.6 is 11.6 Å². The molecule has 1 N–H and O–H groups in total. The first kappa shape index (κ1) is 14.6. The van der Waals surface area contributed by atoms with Gasteiger partial charge in [0.15, 0.2) is 0 Å². The van der Waals surface area contributed by atoms with Crippen LogP contribution < -0.4 is 0 Å². The first-order valence-corrected chi connectivity index (χ1v) is 7.74. The first-order valence-electron chi connectivity index (χ1n) is 7.36. The van der Waals surface area contributed by atoms with Crippen LogP contribution in [0.3, 0.4) is 0 Å². The summed E-state index contributed by atoms with van der Waals surface area (Å²) in [5.41, 5.74) is 3.17. The van der Waals surface area contributed by atoms with Crippen LogP contribution in [0.15, 0.2) is 42.5 Å². The Morgan fingerprint density at radius 1 is 1.19 bits per heavy atom. The van der Waals surface area contributed by atoms with E-state index < -0.39 is 11.9 Å². The zero-order valence-electron chi connectivity index (χ0n) is 11.7. The largest absolute Gasteiger partial charge is 0.388 e. The highest BCUT2D eigenvalue weighted by Gasteiger charge is 2.24. The molecule has 21 heavy (non-hydrogen) atoms. The molecule has 0 spiro atoms. The van der Waals surface area contributed by atoms with E-state index in [0.29, 0.717) is 17.9 Å². The summed E-state index contributed by atoms with van der Waals surface area (Å²) in [5, 5.41) is 10.5. The van der Waals surface area contributed by atoms with Crippen LogP contribution in [0.25, 0.3) is 0 Å². The van der Waals surface area contributed by atoms with Crippen LogP contribution in [0, 0.1) is 5.82 Å². The third-order valence-electron chi connectivity index (χ3n) is 4.34. The maximum absolute atomic E-state index is 13.5. The number of fused-ring (bicyclic) bond motifs is 1. The third kappa shape index (κ3) is 2.97. The second-order valence-electron chi connectivity index (χ2n) is 5.68. The molecule has 1 aliphatic carbocycles. The molecule has 2 atom stereocenters. The van der Waals surface area contributed by atoms with Crippen molar-refractivity contribution in [1.82, 2.24) is 0 Å². The van der Waals surface area contributed by atoms with E-state index in [0.717, 1.165) is 19.3 Å². The second kappa shape index (κ2) is 6.17. The zero-order valence-corrected chi connectivity index (χ0v) is 12.5. The van der Waals surface area contributed by atoms with Gasteiger partial charge in [0, 0.05) is 5.56 Å². The molecule has 0 saturated heterocycles. The molecule has 110 valence electrons. The van der Waals surface area contributed by atoms with Crippen LogP contribution in [0.1, 0.15) is 48.0 Å². The third-order valence-corrected chi connectivity index (χ3v) is 4.74. The minimum atomic E-state index is -0.732. The van der Waals surface area contributed by atoms with Gasteiger partial charge in [0.1, 0.15) is 5.82 Å². The molecule has 0 amide bonds. The molecule has 3 heteroatoms. The lowest BCUT2D eigenvalue weighted by Gasteiger charge is -2.27. The van der Waals surface area contributed by atoms with Crippen LogP contribution in [0.5, 0.6) is 0 Å². The van der Waals surface area contributed by atoms with Crippen LogP contribution in [0.4, 0.5) is 4.39 Å². The standard InChI is InChI=1S/C18H18ClFO/c19-18-15(9-4-10-16(18)20)17(21)11-13-7-3-6-12-5-1-2-8-14(12)13/h1-2,4-5,8-10,13,17,21H,3,6-7,11H2. The second-order valence-corrected chi connectivity index (χ2v) is 6.06. The van der Waals surface area contributed by atoms with E-state index in [9.17, 15) is 9.50 Å². The Morgan fingerprint density at radius 2 is 2.00 bits per heavy atom. The fourth-order valence-corrected chi connectivity index (χ4v) is 3.53. The van der Waals surface area contributed by atoms with Crippen molar-refractivity contribution >= 4 is 11.6 Å². The molecule has 0 radical (unpaired) electrons. The zero-order chi connectivity index (χ0) is 14.8. The number of rotatable bonds is 3. The Kier molecular flexibility index (Phi) is 4.27. The van der Waals surface area contributed by atoms with Gasteiger partial charge in [-0.15, -0.1) is 0 Å². The number of hydrogen-bond donors (Lipinski definition) is 1. The van der Waals surface area contributed by atoms with Gasteiger partial charge in [-0.25, -0.2) is 4.39 Å². The summed E-state index contributed by atoms with van der Waals surface area (Å²) in [6.45, 7) is 0. The van der Waals surface area contributed by atoms with Crippen LogP contribution in [0.2, 0.25) is 5.02 Å². The van der Waals surface area contributed by atoms with Crippen molar-refractivity contribution in [1.29, 1.82) is 0 Å². The number of halogens is 2. The highest BCUT2D eigenvalue weighted by molar-refractivity contribution is 6.31. The lowest BCUT2D eigenvalue weighted by molar-refractivity contribution is 0.154. The van der Waals surface area contributed by atoms with E-state index in [2.05, 4.69) is 18.2 Å². The molecule has 0 aromatic heterocycles. The first-order chi connectivity index (χ1) is 10.2. The molecule has 2 aromatic rings. The molecular formula is C18H18ClFO. The molecule has 0 fully saturated rings. The van der Waals surface area contributed by atoms with Crippen molar-refractivity contribution in [3.63, 3.8) is 0 Å². The van der Waals surface area contributed by atoms with Crippen LogP contribution in [-0.4, -0.2) is 5.11 Å². The smallest absolute Gasteiger partial charge is 0.142 e. The van der Waals surface area contributed by atoms with E-state index in [1.165, 1.54) is 17.2 Å². The molecule has 1 nitrogen and oxygen atoms in total. The van der Waals surface area contributed by atoms with E-state index >= 15 is 0 Å². The summed E-state index contributed by atoms with van der Waals surface area (Å²) in [6.07, 6.45) is 3.14. The number of benzene rings is 2. The molecule has 0 bridgehead atoms. The van der Waals surface area contributed by atoms with Gasteiger partial charge in [-0.05, 0) is 48.8 Å². The van der Waals surface area contributed by atoms with Crippen molar-refractivity contribution in [3.05, 3.63) is 70.0 Å². The minimum absolute atomic E-state index is 0.0362. The highest BCUT2D eigenvalue weighted by Crippen LogP contribution is 2.39. The topological polar surface area (TPSA) is 20.2 Å². The average molecular weight is 305 g/mol. The van der Waals surface area contributed by atoms with E-state index in [1.54, 1.807) is 12.1 Å². The summed E-state index contributed by atoms with van der Waals surface area (Å²) < 4.78 is 13.5. The monoisotopic (exact) mass is 304 g/mol. The Balaban J connectivity index is 1.83. The maximum Gasteiger partial charge on any atom is 0.142 e. The number of aliphatic hydroxyl groups excluding tert-OH is 1. The minimum Gasteiger partial charge on any atom is -0.388 e. The summed E-state index contributed by atoms with van der Waals surface area (Å²) >= 11 is 5.97. The Hall–Kier alpha value is -1.38. The quantitative estimate of drug-likeness (QED) is 0.844. The van der Waals surface area contributed by atoms with Gasteiger partial charge in [0.25, 0.3) is 0 Å². The predicted octanol–water partition coefficient (Wildman–Crippen LogP) is 5.02. The molecule has 2 aromatic carbocycles. The molecule has 0 heterocycles. The van der Waals surface area contributed by atoms with Gasteiger partial charge in [-0.3, -0.25) is 0 Å². The van der Waals surface area contributed by atoms with Crippen molar-refractivity contribution in [2.75, 3.05) is 0 Å². The summed E-state index contributed by atoms with van der Waals surface area (Å²) in [6, 6.07) is 13.0. The number of aryl methyl sites for hydroxylation is 1. The van der Waals surface area contributed by atoms with E-state index in [-0.39, 0.29) is 5.02 Å². The van der Waals surface area contributed by atoms with Crippen molar-refractivity contribution in [2.24, 2.45) is 0 Å². The molecule has 0 aliphatic heterocycles. The lowest BCUT2D eigenvalue weighted by Crippen LogP contribution is -2.13. The molecular weight excluding hydrogens is 287 g/mol. The van der Waals surface area contributed by atoms with Gasteiger partial charge in [0.2, 0.25) is 0 Å². The van der Waals surface area contributed by atoms with Gasteiger partial charge in [-0.2, -0.15) is 0 Å². The molecule has 2 unspecified atom stereocenters. The SMILES string of the molecule is OC(CC1CCCc2ccccc21)c1cccc(F)c1Cl. The summed E-state index contributed by atoms with van der Waals surface area (Å²) in [4.78, 5) is 0. The fraction of sp³-hybridized carbons (Fsp3) is 0.333. The normalized spacial score (nSPS) is 19.1. The van der Waals surface area contributed by atoms with Gasteiger partial charge < -0.3 is 5.11 Å². The summed E-state index contributed by atoms with van der Waals surface area (Å²) in [7, 11) is 0. The van der Waals surface area contributed by atoms with E-state index in [4.69, 9.17) is 11.6 Å². The van der Waals surface area contributed by atoms with E-state index in [1.807, 2.05) is 6.07 Å². The summed E-state index contributed by atoms with van der Waals surface area (Å²) in [5.74, 6) is -0.165. The molecule has 3 rings (SSSR count). The van der Waals surface area contributed by atoms with Crippen LogP contribution in [-0.2, 0) is 6.42 Å². The predicted molar refractivity (Wildman–Crippen MR) is 83.1 cm³/mol. The van der Waals surface area contributed by atoms with Crippen molar-refractivity contribution in [2.45, 2.75) is 37.7 Å². The fourth-order valence-electron chi connectivity index (χ4n) is 3.27. The number of aliphatic hydroxyl groups is 1. The Bertz CT molecular complexity index is 641. The van der Waals surface area contributed by atoms with Gasteiger partial charge in [0.05, 0.1) is 11.1 Å².